The van der Waals surface area contributed by atoms with E-state index in [1.54, 1.807) is 0 Å². The van der Waals surface area contributed by atoms with Crippen LogP contribution in [-0.4, -0.2) is 30.3 Å². The van der Waals surface area contributed by atoms with Crippen LogP contribution in [0.4, 0.5) is 13.2 Å². The van der Waals surface area contributed by atoms with E-state index < -0.39 is 24.2 Å². The molecule has 0 saturated heterocycles. The number of alkyl halides is 3. The fraction of sp³-hybridized carbons (Fsp3) is 0.417. The fourth-order valence-electron chi connectivity index (χ4n) is 1.48. The molecule has 100 valence electrons. The molecule has 0 spiro atoms. The second-order valence-electron chi connectivity index (χ2n) is 3.61. The molecule has 0 aromatic heterocycles. The van der Waals surface area contributed by atoms with E-state index in [1.807, 2.05) is 0 Å². The molecule has 2 atom stereocenters. The zero-order valence-electron chi connectivity index (χ0n) is 9.65. The van der Waals surface area contributed by atoms with Crippen molar-refractivity contribution in [2.75, 3.05) is 6.61 Å². The van der Waals surface area contributed by atoms with Crippen molar-refractivity contribution in [1.29, 1.82) is 0 Å². The normalized spacial score (nSPS) is 16.1. The lowest BCUT2D eigenvalue weighted by atomic mass is 9.89. The van der Waals surface area contributed by atoms with E-state index in [2.05, 4.69) is 4.74 Å². The van der Waals surface area contributed by atoms with Crippen LogP contribution in [0.15, 0.2) is 30.3 Å². The molecule has 0 fully saturated rings. The summed E-state index contributed by atoms with van der Waals surface area (Å²) in [5, 5.41) is 9.80. The number of hydrogen-bond donors (Lipinski definition) is 1. The minimum Gasteiger partial charge on any atom is -0.464 e. The SMILES string of the molecule is CCOC(=O)C(F)C(O)(c1ccccc1)C(F)F. The Labute approximate surface area is 102 Å². The summed E-state index contributed by atoms with van der Waals surface area (Å²) < 4.78 is 43.9. The van der Waals surface area contributed by atoms with Gasteiger partial charge in [-0.1, -0.05) is 30.3 Å². The Morgan fingerprint density at radius 2 is 1.89 bits per heavy atom. The predicted molar refractivity (Wildman–Crippen MR) is 57.9 cm³/mol. The van der Waals surface area contributed by atoms with Crippen LogP contribution in [-0.2, 0) is 15.1 Å². The smallest absolute Gasteiger partial charge is 0.344 e. The van der Waals surface area contributed by atoms with Crippen molar-refractivity contribution in [2.24, 2.45) is 0 Å². The number of hydrogen-bond acceptors (Lipinski definition) is 3. The van der Waals surface area contributed by atoms with Crippen LogP contribution in [0.3, 0.4) is 0 Å². The Hall–Kier alpha value is -1.56. The molecule has 0 bridgehead atoms. The van der Waals surface area contributed by atoms with Gasteiger partial charge in [0.05, 0.1) is 6.61 Å². The molecule has 2 unspecified atom stereocenters. The summed E-state index contributed by atoms with van der Waals surface area (Å²) in [7, 11) is 0. The average molecular weight is 262 g/mol. The van der Waals surface area contributed by atoms with E-state index in [4.69, 9.17) is 0 Å². The maximum atomic E-state index is 13.8. The van der Waals surface area contributed by atoms with Gasteiger partial charge in [-0.2, -0.15) is 0 Å². The van der Waals surface area contributed by atoms with Crippen LogP contribution >= 0.6 is 0 Å². The molecule has 3 nitrogen and oxygen atoms in total. The molecule has 1 aromatic carbocycles. The Bertz CT molecular complexity index is 397. The number of esters is 1. The first-order valence-electron chi connectivity index (χ1n) is 5.31. The zero-order chi connectivity index (χ0) is 13.8. The third-order valence-corrected chi connectivity index (χ3v) is 2.45. The molecule has 0 radical (unpaired) electrons. The summed E-state index contributed by atoms with van der Waals surface area (Å²) in [5.74, 6) is -1.51. The lowest BCUT2D eigenvalue weighted by Crippen LogP contribution is -2.48. The number of ether oxygens (including phenoxy) is 1. The van der Waals surface area contributed by atoms with Crippen LogP contribution < -0.4 is 0 Å². The minimum absolute atomic E-state index is 0.159. The van der Waals surface area contributed by atoms with Crippen molar-refractivity contribution in [3.05, 3.63) is 35.9 Å². The van der Waals surface area contributed by atoms with Gasteiger partial charge in [0.2, 0.25) is 6.17 Å². The van der Waals surface area contributed by atoms with Gasteiger partial charge in [0.1, 0.15) is 0 Å². The number of benzene rings is 1. The molecule has 0 saturated carbocycles. The van der Waals surface area contributed by atoms with E-state index in [0.29, 0.717) is 0 Å². The highest BCUT2D eigenvalue weighted by molar-refractivity contribution is 5.76. The highest BCUT2D eigenvalue weighted by atomic mass is 19.3. The lowest BCUT2D eigenvalue weighted by Gasteiger charge is -2.29. The average Bonchev–Trinajstić information content (AvgIpc) is 2.38. The van der Waals surface area contributed by atoms with Gasteiger partial charge in [0.25, 0.3) is 6.43 Å². The molecule has 0 amide bonds. The van der Waals surface area contributed by atoms with Crippen molar-refractivity contribution < 1.29 is 27.8 Å². The quantitative estimate of drug-likeness (QED) is 0.826. The first-order chi connectivity index (χ1) is 8.44. The summed E-state index contributed by atoms with van der Waals surface area (Å²) in [5.41, 5.74) is -3.58. The predicted octanol–water partition coefficient (Wildman–Crippen LogP) is 2.04. The molecule has 1 rings (SSSR count). The van der Waals surface area contributed by atoms with Gasteiger partial charge in [0, 0.05) is 0 Å². The maximum absolute atomic E-state index is 13.8. The topological polar surface area (TPSA) is 46.5 Å². The summed E-state index contributed by atoms with van der Waals surface area (Å²) in [6.45, 7) is 1.25. The van der Waals surface area contributed by atoms with Gasteiger partial charge in [0.15, 0.2) is 5.60 Å². The number of carbonyl (C=O) groups excluding carboxylic acids is 1. The van der Waals surface area contributed by atoms with Gasteiger partial charge >= 0.3 is 5.97 Å². The van der Waals surface area contributed by atoms with Crippen molar-refractivity contribution in [3.8, 4) is 0 Å². The largest absolute Gasteiger partial charge is 0.464 e. The highest BCUT2D eigenvalue weighted by Gasteiger charge is 2.52. The van der Waals surface area contributed by atoms with E-state index in [9.17, 15) is 23.1 Å². The summed E-state index contributed by atoms with van der Waals surface area (Å²) in [6.07, 6.45) is -6.31. The van der Waals surface area contributed by atoms with Crippen LogP contribution in [0.5, 0.6) is 0 Å². The van der Waals surface area contributed by atoms with Gasteiger partial charge in [-0.3, -0.25) is 0 Å². The van der Waals surface area contributed by atoms with Gasteiger partial charge in [-0.25, -0.2) is 18.0 Å². The molecule has 0 heterocycles. The fourth-order valence-corrected chi connectivity index (χ4v) is 1.48. The number of rotatable bonds is 5. The third-order valence-electron chi connectivity index (χ3n) is 2.45. The van der Waals surface area contributed by atoms with Crippen molar-refractivity contribution in [1.82, 2.24) is 0 Å². The third kappa shape index (κ3) is 2.64. The second-order valence-corrected chi connectivity index (χ2v) is 3.61. The molecule has 1 N–H and O–H groups in total. The summed E-state index contributed by atoms with van der Waals surface area (Å²) in [6, 6.07) is 6.49. The van der Waals surface area contributed by atoms with Crippen LogP contribution in [0, 0.1) is 0 Å². The molecule has 18 heavy (non-hydrogen) atoms. The van der Waals surface area contributed by atoms with E-state index in [1.165, 1.54) is 25.1 Å². The molecule has 0 aliphatic rings. The Morgan fingerprint density at radius 1 is 1.33 bits per heavy atom. The number of halogens is 3. The van der Waals surface area contributed by atoms with Crippen LogP contribution in [0.25, 0.3) is 0 Å². The number of aliphatic hydroxyl groups is 1. The summed E-state index contributed by atoms with van der Waals surface area (Å²) in [4.78, 5) is 11.2. The highest BCUT2D eigenvalue weighted by Crippen LogP contribution is 2.34. The van der Waals surface area contributed by atoms with Crippen molar-refractivity contribution in [3.63, 3.8) is 0 Å². The number of carbonyl (C=O) groups is 1. The standard InChI is InChI=1S/C12H13F3O3/c1-2-18-10(16)9(13)12(17,11(14)15)8-6-4-3-5-7-8/h3-7,9,11,17H,2H2,1H3. The van der Waals surface area contributed by atoms with E-state index in [0.717, 1.165) is 12.1 Å². The first-order valence-corrected chi connectivity index (χ1v) is 5.31. The van der Waals surface area contributed by atoms with E-state index in [-0.39, 0.29) is 12.2 Å². The molecule has 0 aliphatic carbocycles. The minimum atomic E-state index is -3.46. The van der Waals surface area contributed by atoms with Crippen molar-refractivity contribution in [2.45, 2.75) is 25.1 Å². The first kappa shape index (κ1) is 14.5. The van der Waals surface area contributed by atoms with Gasteiger partial charge < -0.3 is 9.84 Å². The Balaban J connectivity index is 3.12. The Morgan fingerprint density at radius 3 is 2.33 bits per heavy atom. The second kappa shape index (κ2) is 5.86. The molecular formula is C12H13F3O3. The molecule has 6 heteroatoms. The maximum Gasteiger partial charge on any atom is 0.344 e. The molecule has 1 aromatic rings. The molecule has 0 aliphatic heterocycles. The lowest BCUT2D eigenvalue weighted by molar-refractivity contribution is -0.182. The van der Waals surface area contributed by atoms with Crippen LogP contribution in [0.1, 0.15) is 12.5 Å². The zero-order valence-corrected chi connectivity index (χ0v) is 9.65. The monoisotopic (exact) mass is 262 g/mol. The molecular weight excluding hydrogens is 249 g/mol. The van der Waals surface area contributed by atoms with E-state index >= 15 is 0 Å². The van der Waals surface area contributed by atoms with Gasteiger partial charge in [-0.05, 0) is 12.5 Å². The van der Waals surface area contributed by atoms with Gasteiger partial charge in [-0.15, -0.1) is 0 Å². The van der Waals surface area contributed by atoms with Crippen molar-refractivity contribution >= 4 is 5.97 Å². The Kier molecular flexibility index (Phi) is 4.72. The van der Waals surface area contributed by atoms with Crippen LogP contribution in [0.2, 0.25) is 0 Å². The summed E-state index contributed by atoms with van der Waals surface area (Å²) >= 11 is 0.